The summed E-state index contributed by atoms with van der Waals surface area (Å²) in [5, 5.41) is 7.42. The number of hydrogen-bond donors (Lipinski definition) is 1. The van der Waals surface area contributed by atoms with Crippen LogP contribution in [0.25, 0.3) is 0 Å². The molecule has 0 heterocycles. The maximum atomic E-state index is 11.8. The van der Waals surface area contributed by atoms with Gasteiger partial charge < -0.3 is 9.84 Å². The maximum Gasteiger partial charge on any atom is 0.346 e. The van der Waals surface area contributed by atoms with Crippen molar-refractivity contribution in [1.29, 1.82) is 0 Å². The third-order valence-corrected chi connectivity index (χ3v) is 2.76. The normalized spacial score (nSPS) is 9.35. The van der Waals surface area contributed by atoms with E-state index >= 15 is 0 Å². The van der Waals surface area contributed by atoms with E-state index in [-0.39, 0.29) is 0 Å². The molecule has 0 spiro atoms. The largest absolute Gasteiger partial charge is 0.481 e. The molecule has 0 saturated heterocycles. The average Bonchev–Trinajstić information content (AvgIpc) is 2.47. The van der Waals surface area contributed by atoms with Crippen molar-refractivity contribution in [2.24, 2.45) is 0 Å². The summed E-state index contributed by atoms with van der Waals surface area (Å²) in [5.74, 6) is -2.10. The number of hydrogen-bond acceptors (Lipinski definition) is 4. The Labute approximate surface area is 134 Å². The van der Waals surface area contributed by atoms with Crippen molar-refractivity contribution in [3.8, 4) is 0 Å². The van der Waals surface area contributed by atoms with Crippen LogP contribution in [0.4, 0.5) is 0 Å². The van der Waals surface area contributed by atoms with Gasteiger partial charge in [0.05, 0.1) is 11.1 Å². The summed E-state index contributed by atoms with van der Waals surface area (Å²) < 4.78 is 4.82. The van der Waals surface area contributed by atoms with Crippen molar-refractivity contribution >= 4 is 17.9 Å². The lowest BCUT2D eigenvalue weighted by molar-refractivity contribution is -0.134. The minimum absolute atomic E-state index is 0.367. The number of rotatable bonds is 2. The Balaban J connectivity index is 0.000000593. The molecule has 0 saturated carbocycles. The van der Waals surface area contributed by atoms with Crippen LogP contribution < -0.4 is 0 Å². The molecule has 0 aliphatic heterocycles. The molecule has 120 valence electrons. The van der Waals surface area contributed by atoms with Crippen LogP contribution in [0.5, 0.6) is 0 Å². The van der Waals surface area contributed by atoms with Gasteiger partial charge in [-0.25, -0.2) is 9.59 Å². The molecule has 2 rings (SSSR count). The molecular formula is C18H18O5. The monoisotopic (exact) mass is 314 g/mol. The van der Waals surface area contributed by atoms with Gasteiger partial charge in [-0.2, -0.15) is 0 Å². The number of carboxylic acids is 1. The highest BCUT2D eigenvalue weighted by atomic mass is 16.6. The fourth-order valence-corrected chi connectivity index (χ4v) is 1.58. The molecule has 2 aromatic rings. The first-order valence-electron chi connectivity index (χ1n) is 6.89. The second-order valence-corrected chi connectivity index (χ2v) is 4.93. The van der Waals surface area contributed by atoms with Crippen LogP contribution in [-0.4, -0.2) is 23.0 Å². The summed E-state index contributed by atoms with van der Waals surface area (Å²) in [4.78, 5) is 32.5. The van der Waals surface area contributed by atoms with Crippen LogP contribution in [0.2, 0.25) is 0 Å². The van der Waals surface area contributed by atoms with E-state index in [1.54, 1.807) is 48.5 Å². The first kappa shape index (κ1) is 18.1. The molecule has 0 bridgehead atoms. The molecular weight excluding hydrogens is 296 g/mol. The Bertz CT molecular complexity index is 625. The number of esters is 2. The summed E-state index contributed by atoms with van der Waals surface area (Å²) in [7, 11) is 0. The van der Waals surface area contributed by atoms with Gasteiger partial charge in [-0.15, -0.1) is 0 Å². The molecule has 0 aromatic heterocycles. The van der Waals surface area contributed by atoms with Crippen molar-refractivity contribution in [3.05, 3.63) is 70.8 Å². The van der Waals surface area contributed by atoms with E-state index in [1.807, 2.05) is 13.8 Å². The number of carboxylic acid groups (broad SMARTS) is 1. The van der Waals surface area contributed by atoms with Crippen molar-refractivity contribution in [2.75, 3.05) is 0 Å². The molecule has 23 heavy (non-hydrogen) atoms. The highest BCUT2D eigenvalue weighted by molar-refractivity contribution is 6.02. The predicted molar refractivity (Wildman–Crippen MR) is 85.4 cm³/mol. The van der Waals surface area contributed by atoms with E-state index in [4.69, 9.17) is 14.6 Å². The molecule has 0 aliphatic carbocycles. The van der Waals surface area contributed by atoms with Crippen LogP contribution in [0.15, 0.2) is 48.5 Å². The van der Waals surface area contributed by atoms with Crippen molar-refractivity contribution < 1.29 is 24.2 Å². The fraction of sp³-hybridized carbons (Fsp3) is 0.167. The molecule has 0 atom stereocenters. The number of benzene rings is 2. The second kappa shape index (κ2) is 8.48. The Morgan fingerprint density at radius 2 is 1.00 bits per heavy atom. The van der Waals surface area contributed by atoms with Gasteiger partial charge in [0.25, 0.3) is 5.97 Å². The minimum Gasteiger partial charge on any atom is -0.481 e. The van der Waals surface area contributed by atoms with Gasteiger partial charge in [-0.05, 0) is 38.1 Å². The van der Waals surface area contributed by atoms with E-state index in [1.165, 1.54) is 0 Å². The zero-order chi connectivity index (χ0) is 17.4. The van der Waals surface area contributed by atoms with Gasteiger partial charge in [-0.3, -0.25) is 4.79 Å². The van der Waals surface area contributed by atoms with E-state index in [2.05, 4.69) is 0 Å². The molecule has 0 aliphatic rings. The minimum atomic E-state index is -0.833. The zero-order valence-corrected chi connectivity index (χ0v) is 13.2. The molecule has 5 nitrogen and oxygen atoms in total. The summed E-state index contributed by atoms with van der Waals surface area (Å²) in [5.41, 5.74) is 2.82. The van der Waals surface area contributed by atoms with E-state index in [9.17, 15) is 9.59 Å². The lowest BCUT2D eigenvalue weighted by Crippen LogP contribution is -2.12. The molecule has 0 radical (unpaired) electrons. The van der Waals surface area contributed by atoms with Gasteiger partial charge in [0.2, 0.25) is 0 Å². The Kier molecular flexibility index (Phi) is 6.68. The first-order valence-corrected chi connectivity index (χ1v) is 6.89. The van der Waals surface area contributed by atoms with Crippen LogP contribution in [0, 0.1) is 13.8 Å². The van der Waals surface area contributed by atoms with Crippen LogP contribution in [0.3, 0.4) is 0 Å². The summed E-state index contributed by atoms with van der Waals surface area (Å²) in [6.45, 7) is 4.93. The third-order valence-electron chi connectivity index (χ3n) is 2.76. The third kappa shape index (κ3) is 6.56. The Hall–Kier alpha value is -2.95. The van der Waals surface area contributed by atoms with Crippen molar-refractivity contribution in [1.82, 2.24) is 0 Å². The van der Waals surface area contributed by atoms with Crippen molar-refractivity contribution in [3.63, 3.8) is 0 Å². The van der Waals surface area contributed by atoms with Gasteiger partial charge in [0.1, 0.15) is 0 Å². The summed E-state index contributed by atoms with van der Waals surface area (Å²) in [6.07, 6.45) is 0. The topological polar surface area (TPSA) is 80.7 Å². The van der Waals surface area contributed by atoms with Crippen LogP contribution in [-0.2, 0) is 9.53 Å². The van der Waals surface area contributed by atoms with Gasteiger partial charge in [-0.1, -0.05) is 35.4 Å². The number of aryl methyl sites for hydroxylation is 2. The Morgan fingerprint density at radius 3 is 1.26 bits per heavy atom. The van der Waals surface area contributed by atoms with Crippen molar-refractivity contribution in [2.45, 2.75) is 20.8 Å². The first-order chi connectivity index (χ1) is 10.8. The standard InChI is InChI=1S/C16H14O3.C2H4O2/c1-11-3-7-13(8-4-11)15(17)19-16(18)14-9-5-12(2)6-10-14;1-2(3)4/h3-10H,1-2H3;1H3,(H,3,4). The maximum absolute atomic E-state index is 11.8. The molecule has 1 N–H and O–H groups in total. The van der Waals surface area contributed by atoms with E-state index < -0.39 is 17.9 Å². The lowest BCUT2D eigenvalue weighted by Gasteiger charge is -2.03. The average molecular weight is 314 g/mol. The number of ether oxygens (including phenoxy) is 1. The lowest BCUT2D eigenvalue weighted by atomic mass is 10.1. The molecule has 2 aromatic carbocycles. The molecule has 5 heteroatoms. The summed E-state index contributed by atoms with van der Waals surface area (Å²) >= 11 is 0. The van der Waals surface area contributed by atoms with E-state index in [0.717, 1.165) is 18.1 Å². The highest BCUT2D eigenvalue weighted by Gasteiger charge is 2.14. The highest BCUT2D eigenvalue weighted by Crippen LogP contribution is 2.09. The quantitative estimate of drug-likeness (QED) is 0.679. The van der Waals surface area contributed by atoms with Crippen LogP contribution >= 0.6 is 0 Å². The van der Waals surface area contributed by atoms with Gasteiger partial charge >= 0.3 is 11.9 Å². The predicted octanol–water partition coefficient (Wildman–Crippen LogP) is 3.39. The SMILES string of the molecule is CC(=O)O.Cc1ccc(C(=O)OC(=O)c2ccc(C)cc2)cc1. The van der Waals surface area contributed by atoms with Gasteiger partial charge in [0.15, 0.2) is 0 Å². The Morgan fingerprint density at radius 1 is 0.739 bits per heavy atom. The number of carbonyl (C=O) groups excluding carboxylic acids is 2. The smallest absolute Gasteiger partial charge is 0.346 e. The zero-order valence-electron chi connectivity index (χ0n) is 13.2. The molecule has 0 amide bonds. The van der Waals surface area contributed by atoms with Crippen LogP contribution in [0.1, 0.15) is 38.8 Å². The van der Waals surface area contributed by atoms with E-state index in [0.29, 0.717) is 11.1 Å². The summed E-state index contributed by atoms with van der Waals surface area (Å²) in [6, 6.07) is 13.8. The fourth-order valence-electron chi connectivity index (χ4n) is 1.58. The molecule has 0 unspecified atom stereocenters. The number of carbonyl (C=O) groups is 3. The van der Waals surface area contributed by atoms with Gasteiger partial charge in [0, 0.05) is 6.92 Å². The molecule has 0 fully saturated rings. The second-order valence-electron chi connectivity index (χ2n) is 4.93. The number of aliphatic carboxylic acids is 1.